The Labute approximate surface area is 224 Å². The minimum Gasteiger partial charge on any atom is -0.447 e. The molecule has 2 N–H and O–H groups in total. The second-order valence-corrected chi connectivity index (χ2v) is 12.4. The van der Waals surface area contributed by atoms with E-state index in [1.807, 2.05) is 39.0 Å². The van der Waals surface area contributed by atoms with Gasteiger partial charge in [0.2, 0.25) is 10.0 Å². The summed E-state index contributed by atoms with van der Waals surface area (Å²) in [5, 5.41) is 4.08. The van der Waals surface area contributed by atoms with Crippen molar-refractivity contribution in [3.8, 4) is 0 Å². The first-order chi connectivity index (χ1) is 17.9. The maximum atomic E-state index is 13.7. The van der Waals surface area contributed by atoms with Crippen molar-refractivity contribution in [1.29, 1.82) is 0 Å². The first-order valence-corrected chi connectivity index (χ1v) is 14.2. The predicted molar refractivity (Wildman–Crippen MR) is 149 cm³/mol. The van der Waals surface area contributed by atoms with Crippen LogP contribution in [0.2, 0.25) is 0 Å². The zero-order valence-electron chi connectivity index (χ0n) is 22.4. The molecule has 1 atom stereocenters. The number of likely N-dealkylation sites (tertiary alicyclic amines) is 1. The molecule has 0 spiro atoms. The van der Waals surface area contributed by atoms with E-state index >= 15 is 0 Å². The number of amides is 2. The van der Waals surface area contributed by atoms with Gasteiger partial charge in [0.05, 0.1) is 11.0 Å². The standard InChI is InChI=1S/C29H35N3O5S/c1-19(2)37-28(34)32-17-16-26(29(4,5)18-32)31-38(35,36)25-15-14-24(22-12-8-9-13-23(22)25)30-27(33)21-11-7-6-10-20(21)3/h6-15,19,26,31H,16-18H2,1-5H3,(H,30,33). The van der Waals surface area contributed by atoms with Crippen LogP contribution in [0.5, 0.6) is 0 Å². The van der Waals surface area contributed by atoms with Crippen LogP contribution >= 0.6 is 0 Å². The summed E-state index contributed by atoms with van der Waals surface area (Å²) in [7, 11) is -3.92. The van der Waals surface area contributed by atoms with Gasteiger partial charge in [0.25, 0.3) is 5.91 Å². The van der Waals surface area contributed by atoms with E-state index in [1.165, 1.54) is 6.07 Å². The van der Waals surface area contributed by atoms with Gasteiger partial charge >= 0.3 is 6.09 Å². The van der Waals surface area contributed by atoms with Crippen LogP contribution in [0.4, 0.5) is 10.5 Å². The highest BCUT2D eigenvalue weighted by Crippen LogP contribution is 2.34. The molecule has 9 heteroatoms. The van der Waals surface area contributed by atoms with E-state index in [0.717, 1.165) is 5.56 Å². The Bertz CT molecular complexity index is 1470. The monoisotopic (exact) mass is 537 g/mol. The molecule has 202 valence electrons. The van der Waals surface area contributed by atoms with E-state index in [0.29, 0.717) is 41.5 Å². The van der Waals surface area contributed by atoms with Crippen molar-refractivity contribution < 1.29 is 22.7 Å². The van der Waals surface area contributed by atoms with Gasteiger partial charge in [-0.1, -0.05) is 56.3 Å². The maximum absolute atomic E-state index is 13.7. The maximum Gasteiger partial charge on any atom is 0.410 e. The lowest BCUT2D eigenvalue weighted by Crippen LogP contribution is -2.57. The van der Waals surface area contributed by atoms with E-state index in [2.05, 4.69) is 10.0 Å². The topological polar surface area (TPSA) is 105 Å². The lowest BCUT2D eigenvalue weighted by Gasteiger charge is -2.43. The quantitative estimate of drug-likeness (QED) is 0.443. The number of carbonyl (C=O) groups excluding carboxylic acids is 2. The van der Waals surface area contributed by atoms with Gasteiger partial charge in [-0.15, -0.1) is 0 Å². The fraction of sp³-hybridized carbons (Fsp3) is 0.379. The first kappa shape index (κ1) is 27.6. The minimum atomic E-state index is -3.92. The smallest absolute Gasteiger partial charge is 0.410 e. The lowest BCUT2D eigenvalue weighted by atomic mass is 9.80. The summed E-state index contributed by atoms with van der Waals surface area (Å²) in [6, 6.07) is 17.2. The van der Waals surface area contributed by atoms with Crippen LogP contribution in [0.25, 0.3) is 10.8 Å². The van der Waals surface area contributed by atoms with Crippen molar-refractivity contribution in [1.82, 2.24) is 9.62 Å². The van der Waals surface area contributed by atoms with Crippen LogP contribution in [0.1, 0.15) is 50.0 Å². The Balaban J connectivity index is 1.59. The van der Waals surface area contributed by atoms with E-state index in [1.54, 1.807) is 55.1 Å². The number of nitrogens with zero attached hydrogens (tertiary/aromatic N) is 1. The molecule has 0 aromatic heterocycles. The fourth-order valence-electron chi connectivity index (χ4n) is 4.89. The van der Waals surface area contributed by atoms with Gasteiger partial charge < -0.3 is 15.0 Å². The molecule has 1 heterocycles. The highest BCUT2D eigenvalue weighted by atomic mass is 32.2. The number of anilines is 1. The number of rotatable bonds is 6. The number of fused-ring (bicyclic) bond motifs is 1. The van der Waals surface area contributed by atoms with Crippen molar-refractivity contribution in [2.24, 2.45) is 5.41 Å². The molecule has 2 amide bonds. The average molecular weight is 538 g/mol. The number of ether oxygens (including phenoxy) is 1. The first-order valence-electron chi connectivity index (χ1n) is 12.8. The summed E-state index contributed by atoms with van der Waals surface area (Å²) >= 11 is 0. The second kappa shape index (κ2) is 10.7. The minimum absolute atomic E-state index is 0.138. The third-order valence-electron chi connectivity index (χ3n) is 6.93. The largest absolute Gasteiger partial charge is 0.447 e. The van der Waals surface area contributed by atoms with Crippen LogP contribution in [0.3, 0.4) is 0 Å². The van der Waals surface area contributed by atoms with Crippen molar-refractivity contribution in [2.75, 3.05) is 18.4 Å². The average Bonchev–Trinajstić information content (AvgIpc) is 2.85. The highest BCUT2D eigenvalue weighted by Gasteiger charge is 2.40. The number of sulfonamides is 1. The molecule has 0 radical (unpaired) electrons. The van der Waals surface area contributed by atoms with Gasteiger partial charge in [-0.25, -0.2) is 17.9 Å². The third kappa shape index (κ3) is 5.84. The normalized spacial score (nSPS) is 17.4. The summed E-state index contributed by atoms with van der Waals surface area (Å²) in [5.41, 5.74) is 1.42. The van der Waals surface area contributed by atoms with Crippen LogP contribution < -0.4 is 10.0 Å². The number of aryl methyl sites for hydroxylation is 1. The number of piperidine rings is 1. The van der Waals surface area contributed by atoms with E-state index < -0.39 is 15.4 Å². The molecule has 1 saturated heterocycles. The Kier molecular flexibility index (Phi) is 7.80. The molecule has 1 aliphatic heterocycles. The zero-order valence-corrected chi connectivity index (χ0v) is 23.3. The molecule has 0 saturated carbocycles. The summed E-state index contributed by atoms with van der Waals surface area (Å²) in [5.74, 6) is -0.258. The van der Waals surface area contributed by atoms with Gasteiger partial charge in [-0.2, -0.15) is 0 Å². The molecule has 3 aromatic rings. The second-order valence-electron chi connectivity index (χ2n) is 10.7. The number of hydrogen-bond donors (Lipinski definition) is 2. The number of hydrogen-bond acceptors (Lipinski definition) is 5. The molecule has 4 rings (SSSR count). The number of carbonyl (C=O) groups is 2. The summed E-state index contributed by atoms with van der Waals surface area (Å²) in [4.78, 5) is 27.1. The van der Waals surface area contributed by atoms with E-state index in [4.69, 9.17) is 4.74 Å². The number of nitrogens with one attached hydrogen (secondary N) is 2. The van der Waals surface area contributed by atoms with E-state index in [9.17, 15) is 18.0 Å². The van der Waals surface area contributed by atoms with Crippen molar-refractivity contribution >= 4 is 38.5 Å². The van der Waals surface area contributed by atoms with Crippen molar-refractivity contribution in [3.05, 3.63) is 71.8 Å². The van der Waals surface area contributed by atoms with Gasteiger partial charge in [0.15, 0.2) is 0 Å². The Morgan fingerprint density at radius 1 is 1.00 bits per heavy atom. The van der Waals surface area contributed by atoms with Crippen LogP contribution in [-0.2, 0) is 14.8 Å². The molecular weight excluding hydrogens is 502 g/mol. The Morgan fingerprint density at radius 3 is 2.32 bits per heavy atom. The molecule has 1 unspecified atom stereocenters. The summed E-state index contributed by atoms with van der Waals surface area (Å²) in [6.07, 6.45) is -0.148. The number of benzene rings is 3. The van der Waals surface area contributed by atoms with Crippen molar-refractivity contribution in [3.63, 3.8) is 0 Å². The fourth-order valence-corrected chi connectivity index (χ4v) is 6.54. The van der Waals surface area contributed by atoms with Gasteiger partial charge in [0.1, 0.15) is 0 Å². The van der Waals surface area contributed by atoms with Gasteiger partial charge in [-0.3, -0.25) is 4.79 Å². The molecule has 3 aromatic carbocycles. The third-order valence-corrected chi connectivity index (χ3v) is 8.46. The molecule has 1 fully saturated rings. The zero-order chi connectivity index (χ0) is 27.7. The molecule has 1 aliphatic rings. The van der Waals surface area contributed by atoms with E-state index in [-0.39, 0.29) is 29.0 Å². The highest BCUT2D eigenvalue weighted by molar-refractivity contribution is 7.89. The Hall–Kier alpha value is -3.43. The predicted octanol–water partition coefficient (Wildman–Crippen LogP) is 5.32. The van der Waals surface area contributed by atoms with Crippen LogP contribution in [0, 0.1) is 12.3 Å². The lowest BCUT2D eigenvalue weighted by molar-refractivity contribution is 0.0401. The van der Waals surface area contributed by atoms with Gasteiger partial charge in [-0.05, 0) is 56.4 Å². The summed E-state index contributed by atoms with van der Waals surface area (Å²) < 4.78 is 35.5. The van der Waals surface area contributed by atoms with Crippen LogP contribution in [0.15, 0.2) is 65.6 Å². The molecular formula is C29H35N3O5S. The Morgan fingerprint density at radius 2 is 1.66 bits per heavy atom. The van der Waals surface area contributed by atoms with Crippen molar-refractivity contribution in [2.45, 2.75) is 58.1 Å². The SMILES string of the molecule is Cc1ccccc1C(=O)Nc1ccc(S(=O)(=O)NC2CCN(C(=O)OC(C)C)CC2(C)C)c2ccccc12. The van der Waals surface area contributed by atoms with Crippen LogP contribution in [-0.4, -0.2) is 50.6 Å². The molecule has 8 nitrogen and oxygen atoms in total. The van der Waals surface area contributed by atoms with Gasteiger partial charge in [0, 0.05) is 41.2 Å². The summed E-state index contributed by atoms with van der Waals surface area (Å²) in [6.45, 7) is 10.1. The molecule has 38 heavy (non-hydrogen) atoms. The molecule has 0 bridgehead atoms. The molecule has 0 aliphatic carbocycles.